The Kier molecular flexibility index (Phi) is 15.9. The van der Waals surface area contributed by atoms with Gasteiger partial charge in [0, 0.05) is 108 Å². The van der Waals surface area contributed by atoms with Crippen molar-refractivity contribution in [3.8, 4) is 22.4 Å². The van der Waals surface area contributed by atoms with Gasteiger partial charge in [-0.3, -0.25) is 4.72 Å². The molecule has 2 fully saturated rings. The van der Waals surface area contributed by atoms with E-state index in [4.69, 9.17) is 11.6 Å². The SMILES string of the molecule is Cc1c(C(=O)O)c(-c2cccc(N3CCN(c4ccc(NS(=O)(=O)c5ccc(N[C@H](CCN6CCC(O)CC6)CSc6ccccc6)c(S(C)(=O)=O)c5)cc4)CC3)c2)c(-c2ccc(Cl)cc2)n1C(C)C. The molecular formula is C53H61ClN6O7S3. The number of carboxylic acids is 1. The third-order valence-electron chi connectivity index (χ3n) is 13.1. The van der Waals surface area contributed by atoms with E-state index >= 15 is 0 Å². The Morgan fingerprint density at radius 1 is 0.786 bits per heavy atom. The van der Waals surface area contributed by atoms with Crippen molar-refractivity contribution in [1.82, 2.24) is 9.47 Å². The van der Waals surface area contributed by atoms with Gasteiger partial charge < -0.3 is 34.8 Å². The van der Waals surface area contributed by atoms with Crippen molar-refractivity contribution in [3.63, 3.8) is 0 Å². The number of nitrogens with zero attached hydrogens (tertiary/aromatic N) is 4. The van der Waals surface area contributed by atoms with E-state index in [1.54, 1.807) is 23.9 Å². The van der Waals surface area contributed by atoms with Crippen LogP contribution in [0.5, 0.6) is 0 Å². The Bertz CT molecular complexity index is 3010. The molecule has 70 heavy (non-hydrogen) atoms. The molecule has 0 aliphatic carbocycles. The highest BCUT2D eigenvalue weighted by Gasteiger charge is 2.29. The number of likely N-dealkylation sites (tertiary alicyclic amines) is 1. The Labute approximate surface area is 421 Å². The van der Waals surface area contributed by atoms with Crippen molar-refractivity contribution in [2.24, 2.45) is 0 Å². The molecule has 1 aromatic heterocycles. The molecule has 0 saturated carbocycles. The zero-order valence-corrected chi connectivity index (χ0v) is 43.1. The number of aliphatic hydroxyl groups is 1. The van der Waals surface area contributed by atoms with Crippen LogP contribution in [0.25, 0.3) is 22.4 Å². The summed E-state index contributed by atoms with van der Waals surface area (Å²) in [5, 5.41) is 24.6. The van der Waals surface area contributed by atoms with E-state index in [-0.39, 0.29) is 33.5 Å². The predicted octanol–water partition coefficient (Wildman–Crippen LogP) is 10.0. The normalized spacial score (nSPS) is 15.6. The van der Waals surface area contributed by atoms with Gasteiger partial charge in [0.25, 0.3) is 10.0 Å². The number of anilines is 4. The van der Waals surface area contributed by atoms with E-state index in [0.717, 1.165) is 78.2 Å². The number of nitrogens with one attached hydrogen (secondary N) is 2. The van der Waals surface area contributed by atoms with Gasteiger partial charge in [-0.05, 0) is 130 Å². The standard InChI is InChI=1S/C53H61ClN6O7S3/c1-36(2)60-37(3)50(53(62)63)51(52(60)38-13-15-40(54)16-14-38)39-9-8-10-44(33-39)59-31-29-58(30-32-59)43-19-17-41(18-20-43)56-70(66,67)47-21-22-48(49(34-47)69(4,64)65)55-42(35-68-46-11-6-5-7-12-46)23-26-57-27-24-45(61)25-28-57/h5-22,33-34,36,42,45,55-56,61H,23-32,35H2,1-4H3,(H,62,63)/t42-/m1/s1. The fraction of sp³-hybridized carbons (Fsp3) is 0.340. The number of aromatic carboxylic acids is 1. The van der Waals surface area contributed by atoms with E-state index in [1.165, 1.54) is 18.2 Å². The van der Waals surface area contributed by atoms with Gasteiger partial charge in [0.05, 0.1) is 32.8 Å². The van der Waals surface area contributed by atoms with Crippen LogP contribution in [0.4, 0.5) is 22.7 Å². The molecule has 3 heterocycles. The number of aromatic nitrogens is 1. The Morgan fingerprint density at radius 2 is 1.44 bits per heavy atom. The number of aliphatic hydroxyl groups excluding tert-OH is 1. The molecule has 2 aliphatic rings. The lowest BCUT2D eigenvalue weighted by molar-refractivity contribution is 0.0696. The highest BCUT2D eigenvalue weighted by Crippen LogP contribution is 2.42. The second-order valence-electron chi connectivity index (χ2n) is 18.4. The third kappa shape index (κ3) is 12.0. The minimum Gasteiger partial charge on any atom is -0.478 e. The summed E-state index contributed by atoms with van der Waals surface area (Å²) in [4.78, 5) is 20.5. The van der Waals surface area contributed by atoms with Crippen molar-refractivity contribution >= 4 is 71.9 Å². The minimum absolute atomic E-state index is 0.00524. The van der Waals surface area contributed by atoms with Crippen LogP contribution in [0.15, 0.2) is 136 Å². The van der Waals surface area contributed by atoms with Crippen LogP contribution in [0.2, 0.25) is 5.02 Å². The van der Waals surface area contributed by atoms with Crippen molar-refractivity contribution < 1.29 is 31.8 Å². The predicted molar refractivity (Wildman–Crippen MR) is 284 cm³/mol. The van der Waals surface area contributed by atoms with Crippen molar-refractivity contribution in [2.75, 3.05) is 77.7 Å². The van der Waals surface area contributed by atoms with Crippen LogP contribution < -0.4 is 19.8 Å². The van der Waals surface area contributed by atoms with Crippen LogP contribution in [0.1, 0.15) is 55.2 Å². The second kappa shape index (κ2) is 21.9. The summed E-state index contributed by atoms with van der Waals surface area (Å²) in [6, 6.07) is 36.8. The zero-order chi connectivity index (χ0) is 49.7. The van der Waals surface area contributed by atoms with E-state index in [9.17, 15) is 31.8 Å². The smallest absolute Gasteiger partial charge is 0.338 e. The third-order valence-corrected chi connectivity index (χ3v) is 17.1. The number of piperidine rings is 1. The molecule has 5 aromatic carbocycles. The second-order valence-corrected chi connectivity index (χ2v) is 23.6. The summed E-state index contributed by atoms with van der Waals surface area (Å²) >= 11 is 7.94. The van der Waals surface area contributed by atoms with Gasteiger partial charge >= 0.3 is 5.97 Å². The first-order valence-corrected chi connectivity index (χ1v) is 28.3. The number of piperazine rings is 1. The first kappa shape index (κ1) is 50.9. The minimum atomic E-state index is -4.18. The largest absolute Gasteiger partial charge is 0.478 e. The lowest BCUT2D eigenvalue weighted by Crippen LogP contribution is -2.46. The molecule has 13 nitrogen and oxygen atoms in total. The topological polar surface area (TPSA) is 165 Å². The molecule has 8 rings (SSSR count). The summed E-state index contributed by atoms with van der Waals surface area (Å²) in [7, 11) is -8.04. The summed E-state index contributed by atoms with van der Waals surface area (Å²) in [5.74, 6) is -0.327. The molecule has 0 spiro atoms. The lowest BCUT2D eigenvalue weighted by Gasteiger charge is -2.37. The van der Waals surface area contributed by atoms with Crippen LogP contribution >= 0.6 is 23.4 Å². The first-order valence-electron chi connectivity index (χ1n) is 23.6. The number of rotatable bonds is 18. The van der Waals surface area contributed by atoms with Crippen LogP contribution in [-0.2, 0) is 19.9 Å². The maximum atomic E-state index is 13.8. The molecule has 17 heteroatoms. The van der Waals surface area contributed by atoms with Gasteiger partial charge in [0.1, 0.15) is 0 Å². The zero-order valence-electron chi connectivity index (χ0n) is 39.9. The van der Waals surface area contributed by atoms with E-state index in [0.29, 0.717) is 59.6 Å². The number of sulfonamides is 1. The summed E-state index contributed by atoms with van der Waals surface area (Å²) < 4.78 is 59.0. The van der Waals surface area contributed by atoms with Crippen LogP contribution in [0, 0.1) is 6.92 Å². The maximum absolute atomic E-state index is 13.8. The quantitative estimate of drug-likeness (QED) is 0.0604. The molecule has 2 saturated heterocycles. The van der Waals surface area contributed by atoms with Gasteiger partial charge in [-0.2, -0.15) is 0 Å². The van der Waals surface area contributed by atoms with Gasteiger partial charge in [-0.25, -0.2) is 21.6 Å². The van der Waals surface area contributed by atoms with Gasteiger partial charge in [0.15, 0.2) is 9.84 Å². The van der Waals surface area contributed by atoms with Crippen LogP contribution in [-0.4, -0.2) is 112 Å². The van der Waals surface area contributed by atoms with Crippen molar-refractivity contribution in [1.29, 1.82) is 0 Å². The summed E-state index contributed by atoms with van der Waals surface area (Å²) in [5.41, 5.74) is 6.74. The number of thioether (sulfide) groups is 1. The van der Waals surface area contributed by atoms with Crippen molar-refractivity contribution in [2.45, 2.75) is 72.9 Å². The monoisotopic (exact) mass is 1020 g/mol. The molecule has 0 unspecified atom stereocenters. The maximum Gasteiger partial charge on any atom is 0.338 e. The Hall–Kier alpha value is -5.49. The number of hydrogen-bond donors (Lipinski definition) is 4. The average molecular weight is 1030 g/mol. The lowest BCUT2D eigenvalue weighted by atomic mass is 9.96. The first-order chi connectivity index (χ1) is 33.4. The summed E-state index contributed by atoms with van der Waals surface area (Å²) in [6.45, 7) is 11.1. The molecule has 0 amide bonds. The summed E-state index contributed by atoms with van der Waals surface area (Å²) in [6.07, 6.45) is 2.98. The van der Waals surface area contributed by atoms with E-state index in [2.05, 4.69) is 49.2 Å². The van der Waals surface area contributed by atoms with Gasteiger partial charge in [0.2, 0.25) is 0 Å². The molecule has 2 aliphatic heterocycles. The average Bonchev–Trinajstić information content (AvgIpc) is 3.66. The highest BCUT2D eigenvalue weighted by molar-refractivity contribution is 7.99. The molecule has 4 N–H and O–H groups in total. The van der Waals surface area contributed by atoms with Crippen molar-refractivity contribution in [3.05, 3.63) is 138 Å². The van der Waals surface area contributed by atoms with E-state index < -0.39 is 25.8 Å². The molecule has 0 radical (unpaired) electrons. The molecule has 0 bridgehead atoms. The molecule has 6 aromatic rings. The molecular weight excluding hydrogens is 964 g/mol. The van der Waals surface area contributed by atoms with Crippen LogP contribution in [0.3, 0.4) is 0 Å². The Balaban J connectivity index is 0.940. The van der Waals surface area contributed by atoms with Gasteiger partial charge in [-0.1, -0.05) is 54.1 Å². The highest BCUT2D eigenvalue weighted by atomic mass is 35.5. The number of hydrogen-bond acceptors (Lipinski definition) is 11. The number of sulfone groups is 1. The van der Waals surface area contributed by atoms with E-state index in [1.807, 2.05) is 91.9 Å². The van der Waals surface area contributed by atoms with Gasteiger partial charge in [-0.15, -0.1) is 11.8 Å². The number of benzene rings is 5. The number of carbonyl (C=O) groups is 1. The number of halogens is 1. The molecule has 370 valence electrons. The number of carboxylic acid groups (broad SMARTS) is 1. The molecule has 1 atom stereocenters. The fourth-order valence-corrected chi connectivity index (χ4v) is 12.7. The fourth-order valence-electron chi connectivity index (χ4n) is 9.53. The Morgan fingerprint density at radius 3 is 2.07 bits per heavy atom.